The molecule has 0 spiro atoms. The molecule has 0 saturated carbocycles. The Hall–Kier alpha value is -0.810. The fraction of sp³-hybridized carbons (Fsp3) is 0.944. The molecule has 1 aliphatic heterocycles. The van der Waals surface area contributed by atoms with Crippen LogP contribution in [0.4, 0.5) is 0 Å². The molecule has 0 radical (unpaired) electrons. The molecule has 1 aliphatic rings. The third-order valence-corrected chi connectivity index (χ3v) is 4.54. The number of piperidine rings is 1. The van der Waals surface area contributed by atoms with Crippen LogP contribution in [-0.2, 0) is 4.74 Å². The van der Waals surface area contributed by atoms with Crippen LogP contribution in [0.2, 0.25) is 0 Å². The smallest absolute Gasteiger partial charge is 0.190 e. The topological polar surface area (TPSA) is 48.9 Å². The van der Waals surface area contributed by atoms with Crippen molar-refractivity contribution in [2.45, 2.75) is 64.8 Å². The van der Waals surface area contributed by atoms with E-state index >= 15 is 0 Å². The molecule has 1 unspecified atom stereocenters. The molecular weight excluding hydrogens is 288 g/mol. The first-order valence-corrected chi connectivity index (χ1v) is 9.54. The first-order chi connectivity index (χ1) is 11.3. The Kier molecular flexibility index (Phi) is 12.0. The van der Waals surface area contributed by atoms with Gasteiger partial charge >= 0.3 is 0 Å². The zero-order chi connectivity index (χ0) is 16.8. The van der Waals surface area contributed by atoms with Gasteiger partial charge in [0.2, 0.25) is 0 Å². The molecule has 5 nitrogen and oxygen atoms in total. The van der Waals surface area contributed by atoms with Gasteiger partial charge in [-0.2, -0.15) is 0 Å². The highest BCUT2D eigenvalue weighted by molar-refractivity contribution is 5.79. The highest BCUT2D eigenvalue weighted by Crippen LogP contribution is 2.16. The third-order valence-electron chi connectivity index (χ3n) is 4.54. The molecule has 2 N–H and O–H groups in total. The second-order valence-corrected chi connectivity index (χ2v) is 6.42. The van der Waals surface area contributed by atoms with Crippen molar-refractivity contribution in [1.29, 1.82) is 0 Å². The van der Waals surface area contributed by atoms with Gasteiger partial charge in [-0.15, -0.1) is 0 Å². The second-order valence-electron chi connectivity index (χ2n) is 6.42. The summed E-state index contributed by atoms with van der Waals surface area (Å²) in [6.45, 7) is 10.6. The van der Waals surface area contributed by atoms with E-state index < -0.39 is 0 Å². The first-order valence-electron chi connectivity index (χ1n) is 9.54. The molecule has 0 aromatic heterocycles. The molecular formula is C18H38N4O. The van der Waals surface area contributed by atoms with Crippen LogP contribution in [0.1, 0.15) is 58.8 Å². The average Bonchev–Trinajstić information content (AvgIpc) is 2.57. The molecule has 0 bridgehead atoms. The summed E-state index contributed by atoms with van der Waals surface area (Å²) >= 11 is 0. The molecule has 136 valence electrons. The summed E-state index contributed by atoms with van der Waals surface area (Å²) in [7, 11) is 1.84. The Balaban J connectivity index is 1.97. The van der Waals surface area contributed by atoms with Gasteiger partial charge in [0.15, 0.2) is 5.96 Å². The molecule has 0 aromatic rings. The number of hydrogen-bond donors (Lipinski definition) is 2. The van der Waals surface area contributed by atoms with Crippen LogP contribution >= 0.6 is 0 Å². The SMILES string of the molecule is CCOCCCCNC(=NC)NCCCCN1CCCCC1C. The maximum atomic E-state index is 5.34. The number of unbranched alkanes of at least 4 members (excludes halogenated alkanes) is 2. The maximum absolute atomic E-state index is 5.34. The Bertz CT molecular complexity index is 309. The lowest BCUT2D eigenvalue weighted by atomic mass is 10.0. The fourth-order valence-electron chi connectivity index (χ4n) is 3.04. The first kappa shape index (κ1) is 20.2. The molecule has 1 rings (SSSR count). The van der Waals surface area contributed by atoms with E-state index in [0.29, 0.717) is 0 Å². The predicted octanol–water partition coefficient (Wildman–Crippen LogP) is 2.62. The molecule has 23 heavy (non-hydrogen) atoms. The van der Waals surface area contributed by atoms with Gasteiger partial charge in [-0.1, -0.05) is 6.42 Å². The van der Waals surface area contributed by atoms with Gasteiger partial charge < -0.3 is 20.3 Å². The van der Waals surface area contributed by atoms with Crippen molar-refractivity contribution in [3.8, 4) is 0 Å². The van der Waals surface area contributed by atoms with Crippen LogP contribution < -0.4 is 10.6 Å². The molecule has 1 atom stereocenters. The van der Waals surface area contributed by atoms with E-state index in [-0.39, 0.29) is 0 Å². The number of ether oxygens (including phenoxy) is 1. The van der Waals surface area contributed by atoms with Crippen molar-refractivity contribution in [3.05, 3.63) is 0 Å². The normalized spacial score (nSPS) is 19.8. The predicted molar refractivity (Wildman–Crippen MR) is 99.2 cm³/mol. The van der Waals surface area contributed by atoms with Gasteiger partial charge in [-0.25, -0.2) is 0 Å². The number of nitrogens with zero attached hydrogens (tertiary/aromatic N) is 2. The Morgan fingerprint density at radius 3 is 2.52 bits per heavy atom. The van der Waals surface area contributed by atoms with Gasteiger partial charge in [0.05, 0.1) is 0 Å². The summed E-state index contributed by atoms with van der Waals surface area (Å²) < 4.78 is 5.34. The Morgan fingerprint density at radius 2 is 1.87 bits per heavy atom. The zero-order valence-corrected chi connectivity index (χ0v) is 15.6. The lowest BCUT2D eigenvalue weighted by molar-refractivity contribution is 0.143. The Labute approximate surface area is 143 Å². The minimum atomic E-state index is 0.780. The van der Waals surface area contributed by atoms with Crippen molar-refractivity contribution in [3.63, 3.8) is 0 Å². The van der Waals surface area contributed by atoms with Crippen LogP contribution in [0.3, 0.4) is 0 Å². The number of rotatable bonds is 11. The summed E-state index contributed by atoms with van der Waals surface area (Å²) in [6.07, 6.45) is 8.85. The van der Waals surface area contributed by atoms with E-state index in [1.807, 2.05) is 14.0 Å². The number of likely N-dealkylation sites (tertiary alicyclic amines) is 1. The number of aliphatic imine (C=N–C) groups is 1. The molecule has 1 fully saturated rings. The number of hydrogen-bond acceptors (Lipinski definition) is 3. The summed E-state index contributed by atoms with van der Waals surface area (Å²) in [6, 6.07) is 0.780. The van der Waals surface area contributed by atoms with Gasteiger partial charge in [0.25, 0.3) is 0 Å². The van der Waals surface area contributed by atoms with Crippen molar-refractivity contribution < 1.29 is 4.74 Å². The van der Waals surface area contributed by atoms with Crippen LogP contribution in [0.25, 0.3) is 0 Å². The van der Waals surface area contributed by atoms with Gasteiger partial charge in [0.1, 0.15) is 0 Å². The molecule has 5 heteroatoms. The van der Waals surface area contributed by atoms with Crippen molar-refractivity contribution in [2.75, 3.05) is 46.4 Å². The summed E-state index contributed by atoms with van der Waals surface area (Å²) in [4.78, 5) is 6.92. The third kappa shape index (κ3) is 9.82. The number of nitrogens with one attached hydrogen (secondary N) is 2. The van der Waals surface area contributed by atoms with Gasteiger partial charge in [0, 0.05) is 39.4 Å². The van der Waals surface area contributed by atoms with E-state index in [1.54, 1.807) is 0 Å². The minimum Gasteiger partial charge on any atom is -0.382 e. The largest absolute Gasteiger partial charge is 0.382 e. The standard InChI is InChI=1S/C18H38N4O/c1-4-23-16-10-7-13-21-18(19-3)20-12-6-9-15-22-14-8-5-11-17(22)2/h17H,4-16H2,1-3H3,(H2,19,20,21). The highest BCUT2D eigenvalue weighted by Gasteiger charge is 2.16. The van der Waals surface area contributed by atoms with Crippen LogP contribution in [0.5, 0.6) is 0 Å². The molecule has 1 saturated heterocycles. The van der Waals surface area contributed by atoms with Gasteiger partial charge in [-0.05, 0) is 65.5 Å². The van der Waals surface area contributed by atoms with Crippen molar-refractivity contribution in [1.82, 2.24) is 15.5 Å². The quantitative estimate of drug-likeness (QED) is 0.348. The van der Waals surface area contributed by atoms with E-state index in [0.717, 1.165) is 51.1 Å². The van der Waals surface area contributed by atoms with Crippen LogP contribution in [0, 0.1) is 0 Å². The molecule has 1 heterocycles. The lowest BCUT2D eigenvalue weighted by Crippen LogP contribution is -2.39. The molecule has 0 amide bonds. The van der Waals surface area contributed by atoms with E-state index in [4.69, 9.17) is 4.74 Å². The maximum Gasteiger partial charge on any atom is 0.190 e. The summed E-state index contributed by atoms with van der Waals surface area (Å²) in [5.41, 5.74) is 0. The van der Waals surface area contributed by atoms with Crippen molar-refractivity contribution in [2.24, 2.45) is 4.99 Å². The fourth-order valence-corrected chi connectivity index (χ4v) is 3.04. The van der Waals surface area contributed by atoms with E-state index in [9.17, 15) is 0 Å². The second kappa shape index (κ2) is 13.6. The molecule has 0 aliphatic carbocycles. The lowest BCUT2D eigenvalue weighted by Gasteiger charge is -2.33. The number of guanidine groups is 1. The summed E-state index contributed by atoms with van der Waals surface area (Å²) in [5, 5.41) is 6.78. The van der Waals surface area contributed by atoms with E-state index in [2.05, 4.69) is 27.4 Å². The average molecular weight is 327 g/mol. The van der Waals surface area contributed by atoms with Crippen LogP contribution in [0.15, 0.2) is 4.99 Å². The monoisotopic (exact) mass is 326 g/mol. The van der Waals surface area contributed by atoms with Gasteiger partial charge in [-0.3, -0.25) is 4.99 Å². The molecule has 0 aromatic carbocycles. The minimum absolute atomic E-state index is 0.780. The van der Waals surface area contributed by atoms with Crippen LogP contribution in [-0.4, -0.2) is 63.3 Å². The van der Waals surface area contributed by atoms with Crippen molar-refractivity contribution >= 4 is 5.96 Å². The Morgan fingerprint density at radius 1 is 1.13 bits per heavy atom. The van der Waals surface area contributed by atoms with E-state index in [1.165, 1.54) is 45.2 Å². The highest BCUT2D eigenvalue weighted by atomic mass is 16.5. The zero-order valence-electron chi connectivity index (χ0n) is 15.6. The summed E-state index contributed by atoms with van der Waals surface area (Å²) in [5.74, 6) is 0.924.